The van der Waals surface area contributed by atoms with Gasteiger partial charge in [-0.1, -0.05) is 6.07 Å². The molecule has 0 radical (unpaired) electrons. The molecule has 3 rings (SSSR count). The summed E-state index contributed by atoms with van der Waals surface area (Å²) < 4.78 is 46.3. The van der Waals surface area contributed by atoms with Crippen LogP contribution < -0.4 is 20.5 Å². The van der Waals surface area contributed by atoms with Gasteiger partial charge in [-0.3, -0.25) is 0 Å². The Morgan fingerprint density at radius 1 is 1.17 bits per heavy atom. The van der Waals surface area contributed by atoms with E-state index >= 15 is 0 Å². The van der Waals surface area contributed by atoms with E-state index in [0.717, 1.165) is 31.2 Å². The van der Waals surface area contributed by atoms with E-state index in [-0.39, 0.29) is 48.3 Å². The summed E-state index contributed by atoms with van der Waals surface area (Å²) in [5, 5.41) is 2.82. The normalized spacial score (nSPS) is 14.9. The first-order valence-corrected chi connectivity index (χ1v) is 8.92. The smallest absolute Gasteiger partial charge is 0.474 e. The fourth-order valence-electron chi connectivity index (χ4n) is 2.91. The molecule has 1 saturated carbocycles. The SMILES string of the molecule is I.NC(=NCc1cccnc1OC1CCCC1)Nc1ccc(OC(F)(F)F)cc1. The highest BCUT2D eigenvalue weighted by Gasteiger charge is 2.30. The van der Waals surface area contributed by atoms with E-state index in [4.69, 9.17) is 10.5 Å². The van der Waals surface area contributed by atoms with Crippen molar-refractivity contribution in [3.63, 3.8) is 0 Å². The highest BCUT2D eigenvalue weighted by molar-refractivity contribution is 14.0. The van der Waals surface area contributed by atoms with Gasteiger partial charge in [0.2, 0.25) is 5.88 Å². The van der Waals surface area contributed by atoms with E-state index in [2.05, 4.69) is 20.0 Å². The number of guanidine groups is 1. The summed E-state index contributed by atoms with van der Waals surface area (Å²) in [5.74, 6) is 0.373. The minimum absolute atomic E-state index is 0. The molecule has 0 unspecified atom stereocenters. The Kier molecular flexibility index (Phi) is 8.35. The van der Waals surface area contributed by atoms with Crippen molar-refractivity contribution in [3.05, 3.63) is 48.2 Å². The van der Waals surface area contributed by atoms with Crippen LogP contribution in [0.4, 0.5) is 18.9 Å². The molecule has 1 aromatic carbocycles. The maximum Gasteiger partial charge on any atom is 0.573 e. The largest absolute Gasteiger partial charge is 0.573 e. The number of nitrogens with zero attached hydrogens (tertiary/aromatic N) is 2. The molecule has 1 fully saturated rings. The standard InChI is InChI=1S/C19H21F3N4O2.HI/c20-19(21,22)28-16-9-7-14(8-10-16)26-18(23)25-12-13-4-3-11-24-17(13)27-15-5-1-2-6-15;/h3-4,7-11,15H,1-2,5-6,12H2,(H3,23,25,26);1H. The first kappa shape index (κ1) is 23.0. The van der Waals surface area contributed by atoms with Gasteiger partial charge in [0.25, 0.3) is 0 Å². The van der Waals surface area contributed by atoms with E-state index in [9.17, 15) is 13.2 Å². The topological polar surface area (TPSA) is 81.8 Å². The Labute approximate surface area is 183 Å². The van der Waals surface area contributed by atoms with Crippen molar-refractivity contribution in [1.82, 2.24) is 4.98 Å². The zero-order valence-electron chi connectivity index (χ0n) is 15.5. The lowest BCUT2D eigenvalue weighted by atomic mass is 10.2. The molecule has 1 aliphatic rings. The zero-order valence-corrected chi connectivity index (χ0v) is 17.8. The molecule has 3 N–H and O–H groups in total. The van der Waals surface area contributed by atoms with Crippen LogP contribution in [0.5, 0.6) is 11.6 Å². The molecular weight excluding hydrogens is 500 g/mol. The van der Waals surface area contributed by atoms with E-state index < -0.39 is 6.36 Å². The van der Waals surface area contributed by atoms with Gasteiger partial charge >= 0.3 is 6.36 Å². The zero-order chi connectivity index (χ0) is 20.0. The summed E-state index contributed by atoms with van der Waals surface area (Å²) >= 11 is 0. The molecule has 0 amide bonds. The molecule has 2 aromatic rings. The van der Waals surface area contributed by atoms with Crippen molar-refractivity contribution < 1.29 is 22.6 Å². The second kappa shape index (κ2) is 10.5. The van der Waals surface area contributed by atoms with Crippen LogP contribution in [0, 0.1) is 0 Å². The number of aliphatic imine (C=N–C) groups is 1. The van der Waals surface area contributed by atoms with Crippen LogP contribution in [0.2, 0.25) is 0 Å². The molecule has 158 valence electrons. The number of alkyl halides is 3. The van der Waals surface area contributed by atoms with Crippen molar-refractivity contribution in [2.45, 2.75) is 44.7 Å². The molecule has 0 atom stereocenters. The van der Waals surface area contributed by atoms with Gasteiger partial charge in [0.15, 0.2) is 5.96 Å². The predicted molar refractivity (Wildman–Crippen MR) is 115 cm³/mol. The van der Waals surface area contributed by atoms with Crippen molar-refractivity contribution in [2.75, 3.05) is 5.32 Å². The third-order valence-corrected chi connectivity index (χ3v) is 4.21. The summed E-state index contributed by atoms with van der Waals surface area (Å²) in [5.41, 5.74) is 7.18. The van der Waals surface area contributed by atoms with Crippen molar-refractivity contribution in [2.24, 2.45) is 10.7 Å². The van der Waals surface area contributed by atoms with Gasteiger partial charge in [0, 0.05) is 17.4 Å². The number of benzene rings is 1. The summed E-state index contributed by atoms with van der Waals surface area (Å²) in [4.78, 5) is 8.54. The van der Waals surface area contributed by atoms with Crippen LogP contribution in [-0.4, -0.2) is 23.4 Å². The van der Waals surface area contributed by atoms with E-state index in [0.29, 0.717) is 11.6 Å². The monoisotopic (exact) mass is 522 g/mol. The molecule has 1 heterocycles. The van der Waals surface area contributed by atoms with Crippen LogP contribution in [0.25, 0.3) is 0 Å². The van der Waals surface area contributed by atoms with Crippen LogP contribution in [0.3, 0.4) is 0 Å². The Bertz CT molecular complexity index is 810. The number of ether oxygens (including phenoxy) is 2. The first-order valence-electron chi connectivity index (χ1n) is 8.92. The molecule has 6 nitrogen and oxygen atoms in total. The van der Waals surface area contributed by atoms with Crippen molar-refractivity contribution in [3.8, 4) is 11.6 Å². The molecule has 10 heteroatoms. The number of hydrogen-bond acceptors (Lipinski definition) is 4. The number of anilines is 1. The second-order valence-corrected chi connectivity index (χ2v) is 6.39. The Morgan fingerprint density at radius 2 is 1.86 bits per heavy atom. The van der Waals surface area contributed by atoms with E-state index in [1.807, 2.05) is 6.07 Å². The maximum absolute atomic E-state index is 12.2. The number of hydrogen-bond donors (Lipinski definition) is 2. The predicted octanol–water partition coefficient (Wildman–Crippen LogP) is 4.85. The van der Waals surface area contributed by atoms with Crippen LogP contribution in [0.1, 0.15) is 31.2 Å². The average Bonchev–Trinajstić information content (AvgIpc) is 3.14. The molecular formula is C19H22F3IN4O2. The number of nitrogens with two attached hydrogens (primary N) is 1. The van der Waals surface area contributed by atoms with E-state index in [1.54, 1.807) is 12.3 Å². The summed E-state index contributed by atoms with van der Waals surface area (Å²) in [6, 6.07) is 8.90. The number of halogens is 4. The quantitative estimate of drug-likeness (QED) is 0.322. The molecule has 1 aliphatic carbocycles. The summed E-state index contributed by atoms with van der Waals surface area (Å²) in [7, 11) is 0. The lowest BCUT2D eigenvalue weighted by Crippen LogP contribution is -2.23. The highest BCUT2D eigenvalue weighted by Crippen LogP contribution is 2.26. The van der Waals surface area contributed by atoms with Crippen molar-refractivity contribution in [1.29, 1.82) is 0 Å². The fourth-order valence-corrected chi connectivity index (χ4v) is 2.91. The Morgan fingerprint density at radius 3 is 2.52 bits per heavy atom. The lowest BCUT2D eigenvalue weighted by molar-refractivity contribution is -0.274. The first-order chi connectivity index (χ1) is 13.4. The summed E-state index contributed by atoms with van der Waals surface area (Å²) in [6.45, 7) is 0.268. The van der Waals surface area contributed by atoms with Gasteiger partial charge in [-0.15, -0.1) is 37.1 Å². The third kappa shape index (κ3) is 7.59. The summed E-state index contributed by atoms with van der Waals surface area (Å²) in [6.07, 6.45) is 1.50. The number of rotatable bonds is 6. The Hall–Kier alpha value is -2.24. The minimum atomic E-state index is -4.72. The van der Waals surface area contributed by atoms with Gasteiger partial charge in [0.05, 0.1) is 6.54 Å². The van der Waals surface area contributed by atoms with Gasteiger partial charge < -0.3 is 20.5 Å². The van der Waals surface area contributed by atoms with Crippen LogP contribution in [0.15, 0.2) is 47.6 Å². The molecule has 29 heavy (non-hydrogen) atoms. The second-order valence-electron chi connectivity index (χ2n) is 6.39. The van der Waals surface area contributed by atoms with Gasteiger partial charge in [-0.05, 0) is 56.0 Å². The van der Waals surface area contributed by atoms with Gasteiger partial charge in [-0.25, -0.2) is 9.98 Å². The van der Waals surface area contributed by atoms with E-state index in [1.165, 1.54) is 24.3 Å². The highest BCUT2D eigenvalue weighted by atomic mass is 127. The van der Waals surface area contributed by atoms with Crippen LogP contribution in [-0.2, 0) is 6.54 Å². The van der Waals surface area contributed by atoms with Crippen molar-refractivity contribution >= 4 is 35.6 Å². The minimum Gasteiger partial charge on any atom is -0.474 e. The Balaban J connectivity index is 0.00000300. The lowest BCUT2D eigenvalue weighted by Gasteiger charge is -2.14. The number of aromatic nitrogens is 1. The third-order valence-electron chi connectivity index (χ3n) is 4.21. The molecule has 0 saturated heterocycles. The molecule has 0 bridgehead atoms. The fraction of sp³-hybridized carbons (Fsp3) is 0.368. The van der Waals surface area contributed by atoms with Gasteiger partial charge in [0.1, 0.15) is 11.9 Å². The van der Waals surface area contributed by atoms with Gasteiger partial charge in [-0.2, -0.15) is 0 Å². The van der Waals surface area contributed by atoms with Crippen LogP contribution >= 0.6 is 24.0 Å². The molecule has 1 aromatic heterocycles. The number of nitrogens with one attached hydrogen (secondary N) is 1. The molecule has 0 aliphatic heterocycles. The maximum atomic E-state index is 12.2. The number of pyridine rings is 1. The molecule has 0 spiro atoms. The average molecular weight is 522 g/mol.